The first kappa shape index (κ1) is 33.6. The molecule has 0 aromatic carbocycles. The number of ether oxygens (including phenoxy) is 2. The highest BCUT2D eigenvalue weighted by Gasteiger charge is 2.05. The summed E-state index contributed by atoms with van der Waals surface area (Å²) in [7, 11) is 0. The summed E-state index contributed by atoms with van der Waals surface area (Å²) in [6.45, 7) is 6.68. The second-order valence-electron chi connectivity index (χ2n) is 10.4. The van der Waals surface area contributed by atoms with Crippen molar-refractivity contribution in [2.24, 2.45) is 0 Å². The van der Waals surface area contributed by atoms with Gasteiger partial charge in [0.1, 0.15) is 6.10 Å². The number of hydrogen-bond acceptors (Lipinski definition) is 3. The molecule has 0 aliphatic carbocycles. The van der Waals surface area contributed by atoms with E-state index in [4.69, 9.17) is 14.9 Å². The zero-order valence-corrected chi connectivity index (χ0v) is 23.6. The molecule has 1 N–H and O–H groups in total. The van der Waals surface area contributed by atoms with Gasteiger partial charge < -0.3 is 14.9 Å². The maximum Gasteiger partial charge on any atom is 0.115 e. The van der Waals surface area contributed by atoms with Crippen molar-refractivity contribution in [1.82, 2.24) is 0 Å². The van der Waals surface area contributed by atoms with E-state index in [9.17, 15) is 0 Å². The molecule has 0 fully saturated rings. The number of unbranched alkanes of at least 4 members (excludes halogenated alkanes) is 22. The summed E-state index contributed by atoms with van der Waals surface area (Å²) >= 11 is 0. The molecular formula is C31H63NO2. The van der Waals surface area contributed by atoms with E-state index in [0.29, 0.717) is 6.61 Å². The minimum absolute atomic E-state index is 0.162. The summed E-state index contributed by atoms with van der Waals surface area (Å²) < 4.78 is 11.6. The van der Waals surface area contributed by atoms with Crippen molar-refractivity contribution >= 4 is 6.21 Å². The summed E-state index contributed by atoms with van der Waals surface area (Å²) in [5.74, 6) is 0. The predicted molar refractivity (Wildman–Crippen MR) is 151 cm³/mol. The van der Waals surface area contributed by atoms with Crippen LogP contribution in [0.15, 0.2) is 0 Å². The average molecular weight is 482 g/mol. The molecule has 34 heavy (non-hydrogen) atoms. The van der Waals surface area contributed by atoms with Gasteiger partial charge in [-0.3, -0.25) is 0 Å². The lowest BCUT2D eigenvalue weighted by atomic mass is 10.1. The van der Waals surface area contributed by atoms with E-state index in [2.05, 4.69) is 13.8 Å². The molecular weight excluding hydrogens is 418 g/mol. The first-order chi connectivity index (χ1) is 16.8. The molecule has 0 bridgehead atoms. The van der Waals surface area contributed by atoms with Gasteiger partial charge in [0.15, 0.2) is 0 Å². The van der Waals surface area contributed by atoms with Gasteiger partial charge in [0.05, 0.1) is 6.61 Å². The topological polar surface area (TPSA) is 42.3 Å². The monoisotopic (exact) mass is 481 g/mol. The zero-order chi connectivity index (χ0) is 24.8. The lowest BCUT2D eigenvalue weighted by Gasteiger charge is -2.13. The van der Waals surface area contributed by atoms with Crippen LogP contribution in [-0.4, -0.2) is 32.1 Å². The Morgan fingerprint density at radius 3 is 1.15 bits per heavy atom. The largest absolute Gasteiger partial charge is 0.378 e. The first-order valence-corrected chi connectivity index (χ1v) is 15.5. The fourth-order valence-electron chi connectivity index (χ4n) is 4.57. The molecule has 0 aliphatic rings. The van der Waals surface area contributed by atoms with Gasteiger partial charge >= 0.3 is 0 Å². The fourth-order valence-corrected chi connectivity index (χ4v) is 4.57. The van der Waals surface area contributed by atoms with E-state index >= 15 is 0 Å². The number of rotatable bonds is 30. The Morgan fingerprint density at radius 1 is 0.471 bits per heavy atom. The van der Waals surface area contributed by atoms with Gasteiger partial charge in [0.25, 0.3) is 0 Å². The van der Waals surface area contributed by atoms with Gasteiger partial charge in [-0.1, -0.05) is 155 Å². The molecule has 204 valence electrons. The zero-order valence-electron chi connectivity index (χ0n) is 23.6. The highest BCUT2D eigenvalue weighted by atomic mass is 16.5. The van der Waals surface area contributed by atoms with Gasteiger partial charge in [-0.05, 0) is 12.8 Å². The minimum Gasteiger partial charge on any atom is -0.378 e. The molecule has 1 atom stereocenters. The summed E-state index contributed by atoms with van der Waals surface area (Å²) in [6.07, 6.45) is 34.0. The highest BCUT2D eigenvalue weighted by Crippen LogP contribution is 2.13. The van der Waals surface area contributed by atoms with Crippen LogP contribution in [0.3, 0.4) is 0 Å². The Hall–Kier alpha value is -0.410. The van der Waals surface area contributed by atoms with Crippen LogP contribution in [-0.2, 0) is 9.47 Å². The Labute approximate surface area is 215 Å². The second kappa shape index (κ2) is 30.6. The van der Waals surface area contributed by atoms with Crippen molar-refractivity contribution < 1.29 is 9.47 Å². The molecule has 0 radical (unpaired) electrons. The second-order valence-corrected chi connectivity index (χ2v) is 10.4. The lowest BCUT2D eigenvalue weighted by Crippen LogP contribution is -2.22. The molecule has 0 heterocycles. The summed E-state index contributed by atoms with van der Waals surface area (Å²) in [6, 6.07) is 0. The van der Waals surface area contributed by atoms with Gasteiger partial charge in [-0.25, -0.2) is 0 Å². The van der Waals surface area contributed by atoms with Crippen molar-refractivity contribution in [3.63, 3.8) is 0 Å². The summed E-state index contributed by atoms with van der Waals surface area (Å²) in [4.78, 5) is 0. The van der Waals surface area contributed by atoms with Crippen LogP contribution in [0.4, 0.5) is 0 Å². The Morgan fingerprint density at radius 2 is 0.794 bits per heavy atom. The standard InChI is InChI=1S/C31H63NO2/c1-3-5-7-9-11-13-15-17-19-21-23-25-27-33-30-31(29-32)34-28-26-24-22-20-18-16-14-12-10-8-6-4-2/h29,31-32H,3-28,30H2,1-2H3. The normalized spacial score (nSPS) is 12.3. The molecule has 0 aromatic rings. The van der Waals surface area contributed by atoms with Crippen LogP contribution in [0.5, 0.6) is 0 Å². The van der Waals surface area contributed by atoms with E-state index < -0.39 is 0 Å². The quantitative estimate of drug-likeness (QED) is 0.0818. The summed E-state index contributed by atoms with van der Waals surface area (Å²) in [5.41, 5.74) is 0. The van der Waals surface area contributed by atoms with Crippen LogP contribution in [0.1, 0.15) is 168 Å². The van der Waals surface area contributed by atoms with Crippen molar-refractivity contribution in [3.05, 3.63) is 0 Å². The SMILES string of the molecule is CCCCCCCCCCCCCCOCC(C=N)OCCCCCCCCCCCCCC. The van der Waals surface area contributed by atoms with Crippen LogP contribution in [0.2, 0.25) is 0 Å². The minimum atomic E-state index is -0.162. The Bertz CT molecular complexity index is 374. The fraction of sp³-hybridized carbons (Fsp3) is 0.968. The van der Waals surface area contributed by atoms with Crippen molar-refractivity contribution in [1.29, 1.82) is 5.41 Å². The Balaban J connectivity index is 3.26. The van der Waals surface area contributed by atoms with Crippen LogP contribution in [0, 0.1) is 5.41 Å². The third-order valence-corrected chi connectivity index (χ3v) is 6.94. The maximum atomic E-state index is 7.57. The van der Waals surface area contributed by atoms with E-state index in [0.717, 1.165) is 26.1 Å². The van der Waals surface area contributed by atoms with Gasteiger partial charge in [-0.2, -0.15) is 0 Å². The van der Waals surface area contributed by atoms with Crippen molar-refractivity contribution in [3.8, 4) is 0 Å². The smallest absolute Gasteiger partial charge is 0.115 e. The molecule has 3 nitrogen and oxygen atoms in total. The van der Waals surface area contributed by atoms with Crippen LogP contribution >= 0.6 is 0 Å². The first-order valence-electron chi connectivity index (χ1n) is 15.5. The van der Waals surface area contributed by atoms with E-state index in [1.807, 2.05) is 0 Å². The number of nitrogens with one attached hydrogen (secondary N) is 1. The molecule has 0 rings (SSSR count). The third-order valence-electron chi connectivity index (χ3n) is 6.94. The molecule has 1 unspecified atom stereocenters. The molecule has 0 spiro atoms. The van der Waals surface area contributed by atoms with Gasteiger partial charge in [0, 0.05) is 19.4 Å². The van der Waals surface area contributed by atoms with E-state index in [1.165, 1.54) is 147 Å². The van der Waals surface area contributed by atoms with Crippen molar-refractivity contribution in [2.75, 3.05) is 19.8 Å². The van der Waals surface area contributed by atoms with Gasteiger partial charge in [0.2, 0.25) is 0 Å². The molecule has 0 saturated carbocycles. The number of hydrogen-bond donors (Lipinski definition) is 1. The molecule has 3 heteroatoms. The predicted octanol–water partition coefficient (Wildman–Crippen LogP) is 10.4. The average Bonchev–Trinajstić information content (AvgIpc) is 2.85. The van der Waals surface area contributed by atoms with Crippen molar-refractivity contribution in [2.45, 2.75) is 174 Å². The third kappa shape index (κ3) is 27.8. The van der Waals surface area contributed by atoms with Crippen LogP contribution in [0.25, 0.3) is 0 Å². The lowest BCUT2D eigenvalue weighted by molar-refractivity contribution is 0.0174. The molecule has 0 aliphatic heterocycles. The maximum absolute atomic E-state index is 7.57. The Kier molecular flexibility index (Phi) is 30.3. The highest BCUT2D eigenvalue weighted by molar-refractivity contribution is 5.59. The molecule has 0 saturated heterocycles. The van der Waals surface area contributed by atoms with E-state index in [1.54, 1.807) is 0 Å². The van der Waals surface area contributed by atoms with Crippen LogP contribution < -0.4 is 0 Å². The molecule has 0 amide bonds. The van der Waals surface area contributed by atoms with Gasteiger partial charge in [-0.15, -0.1) is 0 Å². The summed E-state index contributed by atoms with van der Waals surface area (Å²) in [5, 5.41) is 7.57. The molecule has 0 aromatic heterocycles. The van der Waals surface area contributed by atoms with E-state index in [-0.39, 0.29) is 6.10 Å².